The summed E-state index contributed by atoms with van der Waals surface area (Å²) in [6, 6.07) is 2.10. The molecule has 17 heavy (non-hydrogen) atoms. The number of aliphatic carboxylic acids is 1. The minimum absolute atomic E-state index is 0.227. The highest BCUT2D eigenvalue weighted by molar-refractivity contribution is 5.71. The van der Waals surface area contributed by atoms with Crippen molar-refractivity contribution in [1.29, 1.82) is 0 Å². The Morgan fingerprint density at radius 2 is 2.29 bits per heavy atom. The van der Waals surface area contributed by atoms with E-state index in [1.807, 2.05) is 26.2 Å². The van der Waals surface area contributed by atoms with Crippen molar-refractivity contribution in [2.24, 2.45) is 11.8 Å². The molecule has 2 atom stereocenters. The van der Waals surface area contributed by atoms with Crippen LogP contribution in [0.15, 0.2) is 18.5 Å². The molecule has 92 valence electrons. The van der Waals surface area contributed by atoms with Gasteiger partial charge in [-0.3, -0.25) is 14.7 Å². The smallest absolute Gasteiger partial charge is 0.308 e. The van der Waals surface area contributed by atoms with Gasteiger partial charge in [0.25, 0.3) is 0 Å². The van der Waals surface area contributed by atoms with Gasteiger partial charge in [-0.1, -0.05) is 13.0 Å². The summed E-state index contributed by atoms with van der Waals surface area (Å²) in [6.45, 7) is 6.31. The first-order chi connectivity index (χ1) is 8.06. The van der Waals surface area contributed by atoms with Gasteiger partial charge in [0.05, 0.1) is 5.92 Å². The number of hydrogen-bond acceptors (Lipinski definition) is 3. The van der Waals surface area contributed by atoms with Gasteiger partial charge < -0.3 is 5.11 Å². The number of carboxylic acid groups (broad SMARTS) is 1. The van der Waals surface area contributed by atoms with E-state index in [9.17, 15) is 4.79 Å². The summed E-state index contributed by atoms with van der Waals surface area (Å²) < 4.78 is 0. The molecule has 0 aromatic carbocycles. The summed E-state index contributed by atoms with van der Waals surface area (Å²) in [5.74, 6) is -0.680. The van der Waals surface area contributed by atoms with Crippen LogP contribution in [0.3, 0.4) is 0 Å². The Morgan fingerprint density at radius 1 is 1.53 bits per heavy atom. The Labute approximate surface area is 101 Å². The summed E-state index contributed by atoms with van der Waals surface area (Å²) in [5.41, 5.74) is 2.30. The van der Waals surface area contributed by atoms with Crippen LogP contribution in [0.2, 0.25) is 0 Å². The second-order valence-corrected chi connectivity index (χ2v) is 4.99. The molecule has 0 spiro atoms. The normalized spacial score (nSPS) is 25.1. The van der Waals surface area contributed by atoms with Crippen LogP contribution in [0.1, 0.15) is 18.1 Å². The Balaban J connectivity index is 2.00. The third-order valence-electron chi connectivity index (χ3n) is 3.34. The van der Waals surface area contributed by atoms with Crippen molar-refractivity contribution in [2.45, 2.75) is 20.4 Å². The Bertz CT molecular complexity index is 420. The number of nitrogens with zero attached hydrogens (tertiary/aromatic N) is 2. The van der Waals surface area contributed by atoms with Crippen molar-refractivity contribution in [3.63, 3.8) is 0 Å². The van der Waals surface area contributed by atoms with Crippen LogP contribution < -0.4 is 0 Å². The summed E-state index contributed by atoms with van der Waals surface area (Å²) >= 11 is 0. The molecule has 0 aliphatic carbocycles. The fourth-order valence-electron chi connectivity index (χ4n) is 2.48. The highest BCUT2D eigenvalue weighted by atomic mass is 16.4. The van der Waals surface area contributed by atoms with E-state index in [1.54, 1.807) is 0 Å². The summed E-state index contributed by atoms with van der Waals surface area (Å²) in [4.78, 5) is 17.4. The van der Waals surface area contributed by atoms with Gasteiger partial charge in [0.1, 0.15) is 0 Å². The molecule has 1 fully saturated rings. The van der Waals surface area contributed by atoms with E-state index in [0.717, 1.165) is 24.2 Å². The Hall–Kier alpha value is -1.42. The molecule has 1 aliphatic heterocycles. The molecule has 2 unspecified atom stereocenters. The van der Waals surface area contributed by atoms with Crippen molar-refractivity contribution in [2.75, 3.05) is 13.1 Å². The zero-order valence-electron chi connectivity index (χ0n) is 10.3. The lowest BCUT2D eigenvalue weighted by Gasteiger charge is -2.15. The van der Waals surface area contributed by atoms with Gasteiger partial charge in [0.15, 0.2) is 0 Å². The third-order valence-corrected chi connectivity index (χ3v) is 3.34. The predicted octanol–water partition coefficient (Wildman–Crippen LogP) is 1.54. The highest BCUT2D eigenvalue weighted by Gasteiger charge is 2.34. The van der Waals surface area contributed by atoms with Crippen LogP contribution >= 0.6 is 0 Å². The molecule has 1 N–H and O–H groups in total. The van der Waals surface area contributed by atoms with Gasteiger partial charge in [-0.25, -0.2) is 0 Å². The fraction of sp³-hybridized carbons (Fsp3) is 0.538. The first-order valence-electron chi connectivity index (χ1n) is 5.92. The number of aryl methyl sites for hydroxylation is 1. The van der Waals surface area contributed by atoms with Crippen LogP contribution in [0, 0.1) is 18.8 Å². The van der Waals surface area contributed by atoms with Crippen molar-refractivity contribution in [1.82, 2.24) is 9.88 Å². The molecule has 1 aliphatic rings. The molecule has 1 saturated heterocycles. The molecule has 1 aromatic heterocycles. The van der Waals surface area contributed by atoms with E-state index in [2.05, 4.69) is 16.0 Å². The predicted molar refractivity (Wildman–Crippen MR) is 64.5 cm³/mol. The molecule has 0 bridgehead atoms. The molecule has 0 saturated carbocycles. The maximum absolute atomic E-state index is 11.0. The third kappa shape index (κ3) is 2.82. The lowest BCUT2D eigenvalue weighted by molar-refractivity contribution is -0.142. The highest BCUT2D eigenvalue weighted by Crippen LogP contribution is 2.24. The Kier molecular flexibility index (Phi) is 3.43. The number of pyridine rings is 1. The molecule has 2 rings (SSSR count). The maximum atomic E-state index is 11.0. The molecule has 2 heterocycles. The van der Waals surface area contributed by atoms with Crippen molar-refractivity contribution >= 4 is 5.97 Å². The number of likely N-dealkylation sites (tertiary alicyclic amines) is 1. The average Bonchev–Trinajstić information content (AvgIpc) is 2.59. The van der Waals surface area contributed by atoms with Crippen LogP contribution in [-0.4, -0.2) is 34.0 Å². The monoisotopic (exact) mass is 234 g/mol. The quantitative estimate of drug-likeness (QED) is 0.862. The second kappa shape index (κ2) is 4.84. The first-order valence-corrected chi connectivity index (χ1v) is 5.92. The fourth-order valence-corrected chi connectivity index (χ4v) is 2.48. The molecule has 1 aromatic rings. The molecular formula is C13H18N2O2. The summed E-state index contributed by atoms with van der Waals surface area (Å²) in [5, 5.41) is 9.07. The van der Waals surface area contributed by atoms with Crippen LogP contribution in [-0.2, 0) is 11.3 Å². The minimum atomic E-state index is -0.678. The van der Waals surface area contributed by atoms with Gasteiger partial charge >= 0.3 is 5.97 Å². The van der Waals surface area contributed by atoms with E-state index in [1.165, 1.54) is 0 Å². The summed E-state index contributed by atoms with van der Waals surface area (Å²) in [6.07, 6.45) is 3.68. The van der Waals surface area contributed by atoms with E-state index < -0.39 is 5.97 Å². The lowest BCUT2D eigenvalue weighted by Crippen LogP contribution is -2.23. The molecule has 4 nitrogen and oxygen atoms in total. The van der Waals surface area contributed by atoms with Gasteiger partial charge in [-0.05, 0) is 24.0 Å². The number of aromatic nitrogens is 1. The molecular weight excluding hydrogens is 216 g/mol. The number of rotatable bonds is 3. The number of hydrogen-bond donors (Lipinski definition) is 1. The largest absolute Gasteiger partial charge is 0.481 e. The zero-order valence-corrected chi connectivity index (χ0v) is 10.3. The SMILES string of the molecule is Cc1cncc(CN2CC(C)C(C(=O)O)C2)c1. The van der Waals surface area contributed by atoms with Crippen molar-refractivity contribution in [3.8, 4) is 0 Å². The van der Waals surface area contributed by atoms with Crippen molar-refractivity contribution < 1.29 is 9.90 Å². The number of carboxylic acids is 1. The van der Waals surface area contributed by atoms with Gasteiger partial charge in [-0.2, -0.15) is 0 Å². The van der Waals surface area contributed by atoms with E-state index in [-0.39, 0.29) is 11.8 Å². The zero-order chi connectivity index (χ0) is 12.4. The Morgan fingerprint density at radius 3 is 2.88 bits per heavy atom. The standard InChI is InChI=1S/C13H18N2O2/c1-9-3-11(5-14-4-9)7-15-6-10(2)12(8-15)13(16)17/h3-5,10,12H,6-8H2,1-2H3,(H,16,17). The topological polar surface area (TPSA) is 53.4 Å². The number of carbonyl (C=O) groups is 1. The van der Waals surface area contributed by atoms with Crippen LogP contribution in [0.4, 0.5) is 0 Å². The van der Waals surface area contributed by atoms with E-state index >= 15 is 0 Å². The molecule has 0 radical (unpaired) electrons. The molecule has 4 heteroatoms. The van der Waals surface area contributed by atoms with E-state index in [4.69, 9.17) is 5.11 Å². The van der Waals surface area contributed by atoms with Crippen molar-refractivity contribution in [3.05, 3.63) is 29.6 Å². The maximum Gasteiger partial charge on any atom is 0.308 e. The second-order valence-electron chi connectivity index (χ2n) is 4.99. The van der Waals surface area contributed by atoms with Crippen LogP contribution in [0.25, 0.3) is 0 Å². The van der Waals surface area contributed by atoms with Gasteiger partial charge in [0, 0.05) is 32.0 Å². The van der Waals surface area contributed by atoms with Gasteiger partial charge in [-0.15, -0.1) is 0 Å². The first kappa shape index (κ1) is 12.0. The average molecular weight is 234 g/mol. The lowest BCUT2D eigenvalue weighted by atomic mass is 9.99. The summed E-state index contributed by atoms with van der Waals surface area (Å²) in [7, 11) is 0. The minimum Gasteiger partial charge on any atom is -0.481 e. The van der Waals surface area contributed by atoms with E-state index in [0.29, 0.717) is 6.54 Å². The molecule has 0 amide bonds. The van der Waals surface area contributed by atoms with Gasteiger partial charge in [0.2, 0.25) is 0 Å². The van der Waals surface area contributed by atoms with Crippen LogP contribution in [0.5, 0.6) is 0 Å².